The molecule has 0 heterocycles. The highest BCUT2D eigenvalue weighted by atomic mass is 32.2. The summed E-state index contributed by atoms with van der Waals surface area (Å²) in [5.74, 6) is -1.82. The van der Waals surface area contributed by atoms with Crippen molar-refractivity contribution in [3.8, 4) is 0 Å². The summed E-state index contributed by atoms with van der Waals surface area (Å²) in [5.41, 5.74) is 0.184. The van der Waals surface area contributed by atoms with Crippen molar-refractivity contribution < 1.29 is 32.0 Å². The lowest BCUT2D eigenvalue weighted by molar-refractivity contribution is 0.0454. The van der Waals surface area contributed by atoms with Gasteiger partial charge in [-0.15, -0.1) is 0 Å². The molecule has 0 aliphatic carbocycles. The molecule has 0 bridgehead atoms. The van der Waals surface area contributed by atoms with E-state index in [0.717, 1.165) is 19.3 Å². The molecular formula is C20H30O7S. The van der Waals surface area contributed by atoms with Crippen LogP contribution in [-0.4, -0.2) is 43.9 Å². The standard InChI is InChI=1S/C20H30O7S/c1-2-3-4-5-6-7-10-14-26-19(21)17-12-8-9-13-18(17)20(22)27-15-11-16-28(23,24)25/h8-9,12-13H,2-7,10-11,14-16H2,1H3,(H,23,24,25). The highest BCUT2D eigenvalue weighted by Gasteiger charge is 2.19. The highest BCUT2D eigenvalue weighted by molar-refractivity contribution is 7.85. The Balaban J connectivity index is 2.42. The zero-order valence-electron chi connectivity index (χ0n) is 16.4. The first-order valence-electron chi connectivity index (χ1n) is 9.73. The van der Waals surface area contributed by atoms with Gasteiger partial charge in [0.15, 0.2) is 0 Å². The van der Waals surface area contributed by atoms with Gasteiger partial charge in [-0.25, -0.2) is 9.59 Å². The second kappa shape index (κ2) is 13.3. The molecule has 0 saturated heterocycles. The van der Waals surface area contributed by atoms with Crippen LogP contribution in [0.2, 0.25) is 0 Å². The van der Waals surface area contributed by atoms with Gasteiger partial charge in [0.1, 0.15) is 0 Å². The van der Waals surface area contributed by atoms with Gasteiger partial charge < -0.3 is 9.47 Å². The van der Waals surface area contributed by atoms with Crippen molar-refractivity contribution in [2.45, 2.75) is 58.3 Å². The number of hydrogen-bond donors (Lipinski definition) is 1. The monoisotopic (exact) mass is 414 g/mol. The van der Waals surface area contributed by atoms with Crippen molar-refractivity contribution in [2.24, 2.45) is 0 Å². The van der Waals surface area contributed by atoms with Crippen LogP contribution in [0.1, 0.15) is 79.0 Å². The van der Waals surface area contributed by atoms with E-state index in [1.54, 1.807) is 12.1 Å². The van der Waals surface area contributed by atoms with E-state index in [2.05, 4.69) is 6.92 Å². The van der Waals surface area contributed by atoms with E-state index in [9.17, 15) is 18.0 Å². The van der Waals surface area contributed by atoms with Gasteiger partial charge in [0.2, 0.25) is 0 Å². The van der Waals surface area contributed by atoms with Gasteiger partial charge in [-0.2, -0.15) is 8.42 Å². The molecule has 0 aromatic heterocycles. The van der Waals surface area contributed by atoms with Crippen LogP contribution in [0.5, 0.6) is 0 Å². The minimum Gasteiger partial charge on any atom is -0.462 e. The van der Waals surface area contributed by atoms with Crippen molar-refractivity contribution >= 4 is 22.1 Å². The lowest BCUT2D eigenvalue weighted by Gasteiger charge is -2.10. The summed E-state index contributed by atoms with van der Waals surface area (Å²) in [4.78, 5) is 24.4. The summed E-state index contributed by atoms with van der Waals surface area (Å²) in [7, 11) is -4.10. The predicted octanol–water partition coefficient (Wildman–Crippen LogP) is 4.03. The summed E-state index contributed by atoms with van der Waals surface area (Å²) in [6.07, 6.45) is 7.73. The highest BCUT2D eigenvalue weighted by Crippen LogP contribution is 2.13. The van der Waals surface area contributed by atoms with Crippen molar-refractivity contribution in [3.05, 3.63) is 35.4 Å². The van der Waals surface area contributed by atoms with Crippen LogP contribution in [0.4, 0.5) is 0 Å². The molecule has 7 nitrogen and oxygen atoms in total. The quantitative estimate of drug-likeness (QED) is 0.278. The molecule has 8 heteroatoms. The molecule has 0 saturated carbocycles. The van der Waals surface area contributed by atoms with E-state index in [1.807, 2.05) is 0 Å². The van der Waals surface area contributed by atoms with Crippen LogP contribution in [0, 0.1) is 0 Å². The van der Waals surface area contributed by atoms with E-state index in [1.165, 1.54) is 37.8 Å². The first-order valence-corrected chi connectivity index (χ1v) is 11.3. The van der Waals surface area contributed by atoms with Gasteiger partial charge in [-0.1, -0.05) is 57.6 Å². The average molecular weight is 415 g/mol. The fraction of sp³-hybridized carbons (Fsp3) is 0.600. The molecule has 0 atom stereocenters. The number of unbranched alkanes of at least 4 members (excludes halogenated alkanes) is 6. The maximum Gasteiger partial charge on any atom is 0.339 e. The lowest BCUT2D eigenvalue weighted by Crippen LogP contribution is -2.16. The number of carbonyl (C=O) groups is 2. The molecule has 1 aromatic rings. The van der Waals surface area contributed by atoms with Crippen molar-refractivity contribution in [2.75, 3.05) is 19.0 Å². The largest absolute Gasteiger partial charge is 0.462 e. The molecule has 0 fully saturated rings. The van der Waals surface area contributed by atoms with Crippen molar-refractivity contribution in [1.82, 2.24) is 0 Å². The number of carbonyl (C=O) groups excluding carboxylic acids is 2. The summed E-state index contributed by atoms with van der Waals surface area (Å²) < 4.78 is 40.2. The molecular weight excluding hydrogens is 384 g/mol. The van der Waals surface area contributed by atoms with Gasteiger partial charge in [-0.05, 0) is 25.0 Å². The van der Waals surface area contributed by atoms with Gasteiger partial charge in [0.25, 0.3) is 10.1 Å². The lowest BCUT2D eigenvalue weighted by atomic mass is 10.1. The molecule has 158 valence electrons. The second-order valence-electron chi connectivity index (χ2n) is 6.58. The van der Waals surface area contributed by atoms with Crippen LogP contribution in [0.3, 0.4) is 0 Å². The van der Waals surface area contributed by atoms with E-state index in [-0.39, 0.29) is 24.2 Å². The SMILES string of the molecule is CCCCCCCCCOC(=O)c1ccccc1C(=O)OCCCS(=O)(=O)O. The van der Waals surface area contributed by atoms with Crippen LogP contribution < -0.4 is 0 Å². The fourth-order valence-corrected chi connectivity index (χ4v) is 3.11. The Labute approximate surface area is 167 Å². The van der Waals surface area contributed by atoms with Crippen LogP contribution in [0.25, 0.3) is 0 Å². The zero-order chi connectivity index (χ0) is 20.8. The molecule has 0 aliphatic rings. The third-order valence-corrected chi connectivity index (χ3v) is 4.93. The molecule has 0 radical (unpaired) electrons. The smallest absolute Gasteiger partial charge is 0.339 e. The molecule has 1 N–H and O–H groups in total. The predicted molar refractivity (Wildman–Crippen MR) is 106 cm³/mol. The Hall–Kier alpha value is -1.93. The van der Waals surface area contributed by atoms with Gasteiger partial charge in [-0.3, -0.25) is 4.55 Å². The minimum absolute atomic E-state index is 0.0323. The number of rotatable bonds is 14. The molecule has 0 spiro atoms. The van der Waals surface area contributed by atoms with Crippen molar-refractivity contribution in [1.29, 1.82) is 0 Å². The Morgan fingerprint density at radius 1 is 0.821 bits per heavy atom. The Kier molecular flexibility index (Phi) is 11.4. The number of hydrogen-bond acceptors (Lipinski definition) is 6. The topological polar surface area (TPSA) is 107 Å². The number of benzene rings is 1. The summed E-state index contributed by atoms with van der Waals surface area (Å²) in [5, 5.41) is 0. The molecule has 1 rings (SSSR count). The second-order valence-corrected chi connectivity index (χ2v) is 8.15. The molecule has 1 aromatic carbocycles. The third-order valence-electron chi connectivity index (χ3n) is 4.13. The van der Waals surface area contributed by atoms with Gasteiger partial charge in [0, 0.05) is 0 Å². The molecule has 0 amide bonds. The minimum atomic E-state index is -4.10. The molecule has 28 heavy (non-hydrogen) atoms. The maximum absolute atomic E-state index is 12.3. The Morgan fingerprint density at radius 2 is 1.29 bits per heavy atom. The first-order chi connectivity index (χ1) is 13.3. The van der Waals surface area contributed by atoms with Crippen LogP contribution in [0.15, 0.2) is 24.3 Å². The fourth-order valence-electron chi connectivity index (χ4n) is 2.62. The van der Waals surface area contributed by atoms with E-state index in [4.69, 9.17) is 14.0 Å². The number of ether oxygens (including phenoxy) is 2. The number of esters is 2. The van der Waals surface area contributed by atoms with Crippen molar-refractivity contribution in [3.63, 3.8) is 0 Å². The molecule has 0 aliphatic heterocycles. The summed E-state index contributed by atoms with van der Waals surface area (Å²) in [6, 6.07) is 6.17. The van der Waals surface area contributed by atoms with Crippen LogP contribution in [-0.2, 0) is 19.6 Å². The maximum atomic E-state index is 12.3. The summed E-state index contributed by atoms with van der Waals surface area (Å²) >= 11 is 0. The van der Waals surface area contributed by atoms with Gasteiger partial charge in [0.05, 0.1) is 30.1 Å². The first kappa shape index (κ1) is 24.1. The normalized spacial score (nSPS) is 11.2. The Morgan fingerprint density at radius 3 is 1.79 bits per heavy atom. The van der Waals surface area contributed by atoms with E-state index < -0.39 is 27.8 Å². The zero-order valence-corrected chi connectivity index (χ0v) is 17.2. The molecule has 0 unspecified atom stereocenters. The van der Waals surface area contributed by atoms with E-state index >= 15 is 0 Å². The van der Waals surface area contributed by atoms with E-state index in [0.29, 0.717) is 6.61 Å². The Bertz CT molecular complexity index is 713. The average Bonchev–Trinajstić information content (AvgIpc) is 2.66. The van der Waals surface area contributed by atoms with Crippen LogP contribution >= 0.6 is 0 Å². The third kappa shape index (κ3) is 10.4. The van der Waals surface area contributed by atoms with Gasteiger partial charge >= 0.3 is 11.9 Å². The summed E-state index contributed by atoms with van der Waals surface area (Å²) in [6.45, 7) is 2.29.